The standard InChI is InChI=1S/C19H20ClFN4O/c20-15-3-5-17-14(12-15)2-1-7-25(17)19(26)24-10-8-23(9-11-24)18-6-4-16(21)13-22-18/h3-6,12-13H,1-2,7-11H2. The van der Waals surface area contributed by atoms with E-state index >= 15 is 0 Å². The van der Waals surface area contributed by atoms with Crippen molar-refractivity contribution in [2.75, 3.05) is 42.5 Å². The summed E-state index contributed by atoms with van der Waals surface area (Å²) in [6, 6.07) is 8.86. The first-order valence-corrected chi connectivity index (χ1v) is 9.21. The molecule has 0 bridgehead atoms. The van der Waals surface area contributed by atoms with Gasteiger partial charge >= 0.3 is 6.03 Å². The zero-order valence-electron chi connectivity index (χ0n) is 14.4. The third-order valence-corrected chi connectivity index (χ3v) is 5.21. The SMILES string of the molecule is O=C(N1CCN(c2ccc(F)cn2)CC1)N1CCCc2cc(Cl)ccc21. The molecule has 0 atom stereocenters. The highest BCUT2D eigenvalue weighted by Gasteiger charge is 2.29. The van der Waals surface area contributed by atoms with Crippen LogP contribution >= 0.6 is 11.6 Å². The highest BCUT2D eigenvalue weighted by molar-refractivity contribution is 6.30. The van der Waals surface area contributed by atoms with Crippen LogP contribution in [-0.2, 0) is 6.42 Å². The third kappa shape index (κ3) is 3.33. The summed E-state index contributed by atoms with van der Waals surface area (Å²) in [5.74, 6) is 0.405. The number of aryl methyl sites for hydroxylation is 1. The second-order valence-electron chi connectivity index (χ2n) is 6.62. The molecule has 2 aliphatic heterocycles. The molecular weight excluding hydrogens is 355 g/mol. The fourth-order valence-corrected chi connectivity index (χ4v) is 3.81. The maximum Gasteiger partial charge on any atom is 0.324 e. The molecule has 1 saturated heterocycles. The van der Waals surface area contributed by atoms with Crippen LogP contribution in [0.3, 0.4) is 0 Å². The van der Waals surface area contributed by atoms with Crippen LogP contribution in [0.5, 0.6) is 0 Å². The van der Waals surface area contributed by atoms with Gasteiger partial charge in [0.25, 0.3) is 0 Å². The lowest BCUT2D eigenvalue weighted by molar-refractivity contribution is 0.200. The number of halogens is 2. The molecule has 1 aromatic heterocycles. The van der Waals surface area contributed by atoms with Crippen LogP contribution in [0.15, 0.2) is 36.5 Å². The van der Waals surface area contributed by atoms with Crippen molar-refractivity contribution in [1.82, 2.24) is 9.88 Å². The third-order valence-electron chi connectivity index (χ3n) is 4.98. The van der Waals surface area contributed by atoms with Gasteiger partial charge in [-0.15, -0.1) is 0 Å². The average Bonchev–Trinajstić information content (AvgIpc) is 2.67. The van der Waals surface area contributed by atoms with Crippen molar-refractivity contribution < 1.29 is 9.18 Å². The van der Waals surface area contributed by atoms with Crippen molar-refractivity contribution in [3.05, 3.63) is 52.9 Å². The van der Waals surface area contributed by atoms with E-state index < -0.39 is 0 Å². The molecule has 0 saturated carbocycles. The van der Waals surface area contributed by atoms with Gasteiger partial charge in [0.05, 0.1) is 6.20 Å². The lowest BCUT2D eigenvalue weighted by Gasteiger charge is -2.39. The van der Waals surface area contributed by atoms with Gasteiger partial charge < -0.3 is 9.80 Å². The molecule has 2 aromatic rings. The summed E-state index contributed by atoms with van der Waals surface area (Å²) in [6.07, 6.45) is 3.12. The number of anilines is 2. The Morgan fingerprint density at radius 2 is 1.88 bits per heavy atom. The van der Waals surface area contributed by atoms with Gasteiger partial charge in [-0.1, -0.05) is 11.6 Å². The van der Waals surface area contributed by atoms with E-state index in [1.165, 1.54) is 12.3 Å². The smallest absolute Gasteiger partial charge is 0.324 e. The van der Waals surface area contributed by atoms with Gasteiger partial charge in [-0.05, 0) is 48.7 Å². The molecule has 5 nitrogen and oxygen atoms in total. The number of carbonyl (C=O) groups is 1. The number of urea groups is 1. The van der Waals surface area contributed by atoms with Crippen LogP contribution in [0.4, 0.5) is 20.7 Å². The summed E-state index contributed by atoms with van der Waals surface area (Å²) in [5, 5.41) is 0.707. The molecule has 2 amide bonds. The predicted molar refractivity (Wildman–Crippen MR) is 100 cm³/mol. The van der Waals surface area contributed by atoms with Crippen molar-refractivity contribution in [2.24, 2.45) is 0 Å². The van der Waals surface area contributed by atoms with Crippen LogP contribution in [0.2, 0.25) is 5.02 Å². The predicted octanol–water partition coefficient (Wildman–Crippen LogP) is 3.57. The van der Waals surface area contributed by atoms with Gasteiger partial charge in [0.2, 0.25) is 0 Å². The Morgan fingerprint density at radius 1 is 1.08 bits per heavy atom. The number of hydrogen-bond donors (Lipinski definition) is 0. The molecule has 0 unspecified atom stereocenters. The monoisotopic (exact) mass is 374 g/mol. The summed E-state index contributed by atoms with van der Waals surface area (Å²) >= 11 is 6.09. The first kappa shape index (κ1) is 17.1. The fourth-order valence-electron chi connectivity index (χ4n) is 3.62. The molecular formula is C19H20ClFN4O. The number of amides is 2. The van der Waals surface area contributed by atoms with Gasteiger partial charge in [-0.2, -0.15) is 0 Å². The molecule has 0 N–H and O–H groups in total. The normalized spacial score (nSPS) is 17.2. The van der Waals surface area contributed by atoms with Crippen LogP contribution in [0.25, 0.3) is 0 Å². The molecule has 7 heteroatoms. The summed E-state index contributed by atoms with van der Waals surface area (Å²) in [7, 11) is 0. The largest absolute Gasteiger partial charge is 0.353 e. The molecule has 26 heavy (non-hydrogen) atoms. The van der Waals surface area contributed by atoms with Gasteiger partial charge in [0.15, 0.2) is 0 Å². The van der Waals surface area contributed by atoms with Crippen LogP contribution in [-0.4, -0.2) is 48.6 Å². The Kier molecular flexibility index (Phi) is 4.68. The van der Waals surface area contributed by atoms with E-state index in [9.17, 15) is 9.18 Å². The molecule has 1 aromatic carbocycles. The van der Waals surface area contributed by atoms with Crippen molar-refractivity contribution >= 4 is 29.1 Å². The van der Waals surface area contributed by atoms with Gasteiger partial charge in [-0.3, -0.25) is 4.90 Å². The summed E-state index contributed by atoms with van der Waals surface area (Å²) < 4.78 is 13.0. The van der Waals surface area contributed by atoms with Crippen LogP contribution in [0, 0.1) is 5.82 Å². The van der Waals surface area contributed by atoms with Crippen LogP contribution in [0.1, 0.15) is 12.0 Å². The highest BCUT2D eigenvalue weighted by Crippen LogP contribution is 2.30. The van der Waals surface area contributed by atoms with E-state index in [4.69, 9.17) is 11.6 Å². The van der Waals surface area contributed by atoms with Crippen LogP contribution < -0.4 is 9.80 Å². The molecule has 0 radical (unpaired) electrons. The zero-order valence-corrected chi connectivity index (χ0v) is 15.1. The molecule has 3 heterocycles. The fraction of sp³-hybridized carbons (Fsp3) is 0.368. The van der Waals surface area contributed by atoms with E-state index in [-0.39, 0.29) is 11.8 Å². The summed E-state index contributed by atoms with van der Waals surface area (Å²) in [4.78, 5) is 23.0. The Bertz CT molecular complexity index is 806. The maximum atomic E-state index is 13.0. The number of rotatable bonds is 1. The zero-order chi connectivity index (χ0) is 18.1. The lowest BCUT2D eigenvalue weighted by Crippen LogP contribution is -2.54. The lowest BCUT2D eigenvalue weighted by atomic mass is 10.0. The van der Waals surface area contributed by atoms with Crippen molar-refractivity contribution in [3.63, 3.8) is 0 Å². The van der Waals surface area contributed by atoms with Gasteiger partial charge in [-0.25, -0.2) is 14.2 Å². The van der Waals surface area contributed by atoms with Crippen molar-refractivity contribution in [3.8, 4) is 0 Å². The molecule has 1 fully saturated rings. The average molecular weight is 375 g/mol. The van der Waals surface area contributed by atoms with E-state index in [1.54, 1.807) is 6.07 Å². The Labute approximate surface area is 157 Å². The number of nitrogens with zero attached hydrogens (tertiary/aromatic N) is 4. The minimum atomic E-state index is -0.341. The van der Waals surface area contributed by atoms with Gasteiger partial charge in [0, 0.05) is 43.4 Å². The molecule has 136 valence electrons. The van der Waals surface area contributed by atoms with Gasteiger partial charge in [0.1, 0.15) is 11.6 Å². The Morgan fingerprint density at radius 3 is 2.62 bits per heavy atom. The minimum absolute atomic E-state index is 0.0417. The molecule has 0 spiro atoms. The van der Waals surface area contributed by atoms with E-state index in [1.807, 2.05) is 28.0 Å². The minimum Gasteiger partial charge on any atom is -0.353 e. The number of fused-ring (bicyclic) bond motifs is 1. The number of piperazine rings is 1. The number of pyridine rings is 1. The second kappa shape index (κ2) is 7.11. The number of hydrogen-bond acceptors (Lipinski definition) is 3. The quantitative estimate of drug-likeness (QED) is 0.766. The molecule has 2 aliphatic rings. The maximum absolute atomic E-state index is 13.0. The topological polar surface area (TPSA) is 39.7 Å². The second-order valence-corrected chi connectivity index (χ2v) is 7.06. The molecule has 0 aliphatic carbocycles. The number of carbonyl (C=O) groups excluding carboxylic acids is 1. The van der Waals surface area contributed by atoms with E-state index in [0.717, 1.165) is 36.5 Å². The Balaban J connectivity index is 1.44. The first-order chi connectivity index (χ1) is 12.6. The number of benzene rings is 1. The first-order valence-electron chi connectivity index (χ1n) is 8.83. The summed E-state index contributed by atoms with van der Waals surface area (Å²) in [5.41, 5.74) is 2.10. The van der Waals surface area contributed by atoms with E-state index in [0.29, 0.717) is 31.2 Å². The Hall–Kier alpha value is -2.34. The molecule has 4 rings (SSSR count). The summed E-state index contributed by atoms with van der Waals surface area (Å²) in [6.45, 7) is 3.35. The highest BCUT2D eigenvalue weighted by atomic mass is 35.5. The van der Waals surface area contributed by atoms with E-state index in [2.05, 4.69) is 9.88 Å². The van der Waals surface area contributed by atoms with Crippen molar-refractivity contribution in [1.29, 1.82) is 0 Å². The number of aromatic nitrogens is 1. The van der Waals surface area contributed by atoms with Crippen molar-refractivity contribution in [2.45, 2.75) is 12.8 Å².